The van der Waals surface area contributed by atoms with Crippen molar-refractivity contribution in [3.63, 3.8) is 0 Å². The van der Waals surface area contributed by atoms with Crippen LogP contribution < -0.4 is 5.32 Å². The van der Waals surface area contributed by atoms with Crippen molar-refractivity contribution < 1.29 is 14.0 Å². The fourth-order valence-electron chi connectivity index (χ4n) is 1.97. The normalized spacial score (nSPS) is 10.3. The van der Waals surface area contributed by atoms with Crippen LogP contribution in [0.15, 0.2) is 40.8 Å². The van der Waals surface area contributed by atoms with Gasteiger partial charge in [0.25, 0.3) is 0 Å². The Kier molecular flexibility index (Phi) is 4.35. The molecular formula is C16H17NO3. The summed E-state index contributed by atoms with van der Waals surface area (Å²) < 4.78 is 5.41. The number of aryl methyl sites for hydroxylation is 2. The Morgan fingerprint density at radius 2 is 1.90 bits per heavy atom. The third kappa shape index (κ3) is 3.57. The van der Waals surface area contributed by atoms with Crippen molar-refractivity contribution in [2.45, 2.75) is 26.7 Å². The summed E-state index contributed by atoms with van der Waals surface area (Å²) in [6.45, 7) is 3.35. The number of hydrogen-bond donors (Lipinski definition) is 1. The SMILES string of the molecule is CC(=O)c1ccccc1NC(=O)CCc1ccc(C)o1. The third-order valence-corrected chi connectivity index (χ3v) is 2.97. The average Bonchev–Trinajstić information content (AvgIpc) is 2.83. The van der Waals surface area contributed by atoms with Gasteiger partial charge < -0.3 is 9.73 Å². The van der Waals surface area contributed by atoms with Crippen LogP contribution in [0.4, 0.5) is 5.69 Å². The highest BCUT2D eigenvalue weighted by Gasteiger charge is 2.10. The van der Waals surface area contributed by atoms with Gasteiger partial charge in [0, 0.05) is 18.4 Å². The van der Waals surface area contributed by atoms with E-state index >= 15 is 0 Å². The first-order chi connectivity index (χ1) is 9.56. The molecule has 1 aromatic carbocycles. The number of carbonyl (C=O) groups is 2. The lowest BCUT2D eigenvalue weighted by molar-refractivity contribution is -0.116. The van der Waals surface area contributed by atoms with Crippen molar-refractivity contribution in [3.8, 4) is 0 Å². The van der Waals surface area contributed by atoms with Gasteiger partial charge in [0.2, 0.25) is 5.91 Å². The molecule has 0 saturated heterocycles. The van der Waals surface area contributed by atoms with Crippen LogP contribution in [0.25, 0.3) is 0 Å². The van der Waals surface area contributed by atoms with E-state index in [-0.39, 0.29) is 11.7 Å². The quantitative estimate of drug-likeness (QED) is 0.848. The molecule has 2 aromatic rings. The van der Waals surface area contributed by atoms with Crippen LogP contribution in [0, 0.1) is 6.92 Å². The van der Waals surface area contributed by atoms with Crippen LogP contribution in [-0.2, 0) is 11.2 Å². The number of benzene rings is 1. The second-order valence-electron chi connectivity index (χ2n) is 4.66. The summed E-state index contributed by atoms with van der Waals surface area (Å²) in [7, 11) is 0. The second-order valence-corrected chi connectivity index (χ2v) is 4.66. The number of Topliss-reactive ketones (excluding diaryl/α,β-unsaturated/α-hetero) is 1. The second kappa shape index (κ2) is 6.19. The van der Waals surface area contributed by atoms with Crippen LogP contribution >= 0.6 is 0 Å². The minimum absolute atomic E-state index is 0.0671. The standard InChI is InChI=1S/C16H17NO3/c1-11-7-8-13(20-11)9-10-16(19)17-15-6-4-3-5-14(15)12(2)18/h3-8H,9-10H2,1-2H3,(H,17,19). The van der Waals surface area contributed by atoms with E-state index in [4.69, 9.17) is 4.42 Å². The number of ketones is 1. The number of nitrogens with one attached hydrogen (secondary N) is 1. The summed E-state index contributed by atoms with van der Waals surface area (Å²) in [4.78, 5) is 23.4. The number of anilines is 1. The summed E-state index contributed by atoms with van der Waals surface area (Å²) in [5.74, 6) is 1.43. The summed E-state index contributed by atoms with van der Waals surface area (Å²) in [6.07, 6.45) is 0.862. The Balaban J connectivity index is 1.96. The molecule has 20 heavy (non-hydrogen) atoms. The molecule has 0 spiro atoms. The highest BCUT2D eigenvalue weighted by molar-refractivity contribution is 6.03. The van der Waals surface area contributed by atoms with Crippen molar-refractivity contribution in [3.05, 3.63) is 53.5 Å². The van der Waals surface area contributed by atoms with Gasteiger partial charge in [-0.25, -0.2) is 0 Å². The van der Waals surface area contributed by atoms with E-state index in [0.717, 1.165) is 11.5 Å². The first-order valence-corrected chi connectivity index (χ1v) is 6.51. The van der Waals surface area contributed by atoms with Gasteiger partial charge in [-0.2, -0.15) is 0 Å². The number of carbonyl (C=O) groups excluding carboxylic acids is 2. The Bertz CT molecular complexity index is 628. The zero-order chi connectivity index (χ0) is 14.5. The number of furan rings is 1. The smallest absolute Gasteiger partial charge is 0.224 e. The van der Waals surface area contributed by atoms with E-state index in [2.05, 4.69) is 5.32 Å². The van der Waals surface area contributed by atoms with E-state index in [1.807, 2.05) is 19.1 Å². The first kappa shape index (κ1) is 14.1. The van der Waals surface area contributed by atoms with E-state index < -0.39 is 0 Å². The van der Waals surface area contributed by atoms with Crippen molar-refractivity contribution in [2.24, 2.45) is 0 Å². The molecule has 1 amide bonds. The lowest BCUT2D eigenvalue weighted by atomic mass is 10.1. The lowest BCUT2D eigenvalue weighted by Crippen LogP contribution is -2.14. The van der Waals surface area contributed by atoms with E-state index in [9.17, 15) is 9.59 Å². The number of rotatable bonds is 5. The first-order valence-electron chi connectivity index (χ1n) is 6.51. The van der Waals surface area contributed by atoms with Crippen molar-refractivity contribution in [1.29, 1.82) is 0 Å². The third-order valence-electron chi connectivity index (χ3n) is 2.97. The van der Waals surface area contributed by atoms with Crippen LogP contribution in [-0.4, -0.2) is 11.7 Å². The maximum absolute atomic E-state index is 11.9. The Labute approximate surface area is 117 Å². The fourth-order valence-corrected chi connectivity index (χ4v) is 1.97. The molecule has 0 unspecified atom stereocenters. The van der Waals surface area contributed by atoms with Gasteiger partial charge in [-0.15, -0.1) is 0 Å². The summed E-state index contributed by atoms with van der Waals surface area (Å²) in [5.41, 5.74) is 1.08. The molecule has 0 saturated carbocycles. The molecule has 2 rings (SSSR count). The lowest BCUT2D eigenvalue weighted by Gasteiger charge is -2.08. The molecule has 1 N–H and O–H groups in total. The van der Waals surface area contributed by atoms with E-state index in [1.54, 1.807) is 24.3 Å². The van der Waals surface area contributed by atoms with Crippen molar-refractivity contribution in [2.75, 3.05) is 5.32 Å². The summed E-state index contributed by atoms with van der Waals surface area (Å²) in [6, 6.07) is 10.7. The zero-order valence-corrected chi connectivity index (χ0v) is 11.6. The zero-order valence-electron chi connectivity index (χ0n) is 11.6. The minimum Gasteiger partial charge on any atom is -0.466 e. The largest absolute Gasteiger partial charge is 0.466 e. The predicted octanol–water partition coefficient (Wildman–Crippen LogP) is 3.36. The highest BCUT2D eigenvalue weighted by atomic mass is 16.3. The molecule has 0 atom stereocenters. The van der Waals surface area contributed by atoms with Gasteiger partial charge in [0.05, 0.1) is 5.69 Å². The van der Waals surface area contributed by atoms with Gasteiger partial charge >= 0.3 is 0 Å². The van der Waals surface area contributed by atoms with Crippen LogP contribution in [0.1, 0.15) is 35.2 Å². The summed E-state index contributed by atoms with van der Waals surface area (Å²) in [5, 5.41) is 2.77. The molecule has 4 heteroatoms. The number of hydrogen-bond acceptors (Lipinski definition) is 3. The number of para-hydroxylation sites is 1. The van der Waals surface area contributed by atoms with Gasteiger partial charge in [-0.05, 0) is 38.1 Å². The molecule has 0 aliphatic carbocycles. The molecular weight excluding hydrogens is 254 g/mol. The van der Waals surface area contributed by atoms with Crippen LogP contribution in [0.2, 0.25) is 0 Å². The molecule has 0 aliphatic heterocycles. The molecule has 0 fully saturated rings. The molecule has 1 aromatic heterocycles. The maximum Gasteiger partial charge on any atom is 0.224 e. The molecule has 0 bridgehead atoms. The Morgan fingerprint density at radius 3 is 2.55 bits per heavy atom. The average molecular weight is 271 g/mol. The van der Waals surface area contributed by atoms with Crippen LogP contribution in [0.5, 0.6) is 0 Å². The van der Waals surface area contributed by atoms with Gasteiger partial charge in [-0.1, -0.05) is 12.1 Å². The summed E-state index contributed by atoms with van der Waals surface area (Å²) >= 11 is 0. The predicted molar refractivity (Wildman–Crippen MR) is 76.8 cm³/mol. The van der Waals surface area contributed by atoms with Gasteiger partial charge in [0.1, 0.15) is 11.5 Å². The van der Waals surface area contributed by atoms with Gasteiger partial charge in [-0.3, -0.25) is 9.59 Å². The molecule has 0 radical (unpaired) electrons. The minimum atomic E-state index is -0.132. The van der Waals surface area contributed by atoms with Crippen molar-refractivity contribution in [1.82, 2.24) is 0 Å². The van der Waals surface area contributed by atoms with Crippen molar-refractivity contribution >= 4 is 17.4 Å². The van der Waals surface area contributed by atoms with E-state index in [1.165, 1.54) is 6.92 Å². The maximum atomic E-state index is 11.9. The highest BCUT2D eigenvalue weighted by Crippen LogP contribution is 2.16. The molecule has 104 valence electrons. The monoisotopic (exact) mass is 271 g/mol. The van der Waals surface area contributed by atoms with Crippen LogP contribution in [0.3, 0.4) is 0 Å². The molecule has 1 heterocycles. The topological polar surface area (TPSA) is 59.3 Å². The molecule has 4 nitrogen and oxygen atoms in total. The van der Waals surface area contributed by atoms with E-state index in [0.29, 0.717) is 24.1 Å². The Morgan fingerprint density at radius 1 is 1.15 bits per heavy atom. The van der Waals surface area contributed by atoms with Gasteiger partial charge in [0.15, 0.2) is 5.78 Å². The molecule has 0 aliphatic rings. The Hall–Kier alpha value is -2.36. The fraction of sp³-hybridized carbons (Fsp3) is 0.250. The number of amides is 1.